The molecule has 0 aliphatic carbocycles. The molecule has 2 nitrogen and oxygen atoms in total. The molecular formula is C7H14O2S. The molecule has 0 amide bonds. The van der Waals surface area contributed by atoms with Crippen LogP contribution in [0.1, 0.15) is 20.3 Å². The van der Waals surface area contributed by atoms with Crippen molar-refractivity contribution in [3.8, 4) is 0 Å². The molecule has 0 bridgehead atoms. The molecule has 2 atom stereocenters. The zero-order chi connectivity index (χ0) is 7.61. The molecule has 0 radical (unpaired) electrons. The molecule has 0 aromatic heterocycles. The molecule has 10 heavy (non-hydrogen) atoms. The molecule has 0 N–H and O–H groups in total. The first-order chi connectivity index (χ1) is 4.70. The van der Waals surface area contributed by atoms with Crippen molar-refractivity contribution in [1.82, 2.24) is 0 Å². The van der Waals surface area contributed by atoms with Gasteiger partial charge in [0.15, 0.2) is 5.79 Å². The second-order valence-corrected chi connectivity index (χ2v) is 3.09. The molecule has 1 aliphatic heterocycles. The maximum absolute atomic E-state index is 5.55. The van der Waals surface area contributed by atoms with Gasteiger partial charge in [0.2, 0.25) is 0 Å². The molecule has 1 saturated heterocycles. The van der Waals surface area contributed by atoms with Crippen LogP contribution >= 0.6 is 12.6 Å². The second kappa shape index (κ2) is 3.11. The average molecular weight is 162 g/mol. The third-order valence-electron chi connectivity index (χ3n) is 1.84. The van der Waals surface area contributed by atoms with Crippen molar-refractivity contribution in [3.63, 3.8) is 0 Å². The number of thiol groups is 1. The monoisotopic (exact) mass is 162 g/mol. The van der Waals surface area contributed by atoms with Gasteiger partial charge in [0.1, 0.15) is 0 Å². The van der Waals surface area contributed by atoms with Crippen molar-refractivity contribution in [2.45, 2.75) is 32.2 Å². The summed E-state index contributed by atoms with van der Waals surface area (Å²) in [5.41, 5.74) is 0. The minimum atomic E-state index is -0.340. The first kappa shape index (κ1) is 8.37. The summed E-state index contributed by atoms with van der Waals surface area (Å²) in [7, 11) is 0. The van der Waals surface area contributed by atoms with E-state index in [2.05, 4.69) is 19.6 Å². The lowest BCUT2D eigenvalue weighted by Crippen LogP contribution is -2.25. The van der Waals surface area contributed by atoms with Crippen LogP contribution in [0, 0.1) is 0 Å². The third-order valence-corrected chi connectivity index (χ3v) is 2.24. The van der Waals surface area contributed by atoms with E-state index in [9.17, 15) is 0 Å². The van der Waals surface area contributed by atoms with E-state index in [0.29, 0.717) is 6.61 Å². The van der Waals surface area contributed by atoms with Crippen LogP contribution in [0.4, 0.5) is 0 Å². The summed E-state index contributed by atoms with van der Waals surface area (Å²) in [5.74, 6) is 0.406. The fraction of sp³-hybridized carbons (Fsp3) is 1.00. The highest BCUT2D eigenvalue weighted by Gasteiger charge is 2.34. The molecule has 0 aromatic carbocycles. The van der Waals surface area contributed by atoms with Gasteiger partial charge < -0.3 is 9.47 Å². The van der Waals surface area contributed by atoms with E-state index in [1.807, 2.05) is 6.92 Å². The first-order valence-electron chi connectivity index (χ1n) is 3.63. The van der Waals surface area contributed by atoms with Gasteiger partial charge in [-0.2, -0.15) is 12.6 Å². The first-order valence-corrected chi connectivity index (χ1v) is 4.26. The lowest BCUT2D eigenvalue weighted by atomic mass is 10.2. The Bertz CT molecular complexity index is 118. The largest absolute Gasteiger partial charge is 0.347 e. The molecule has 0 spiro atoms. The maximum Gasteiger partial charge on any atom is 0.165 e. The van der Waals surface area contributed by atoms with Gasteiger partial charge in [-0.25, -0.2) is 0 Å². The molecule has 1 rings (SSSR count). The van der Waals surface area contributed by atoms with E-state index >= 15 is 0 Å². The summed E-state index contributed by atoms with van der Waals surface area (Å²) in [4.78, 5) is 0. The Morgan fingerprint density at radius 2 is 2.40 bits per heavy atom. The zero-order valence-corrected chi connectivity index (χ0v) is 7.36. The summed E-state index contributed by atoms with van der Waals surface area (Å²) >= 11 is 4.13. The van der Waals surface area contributed by atoms with Crippen molar-refractivity contribution >= 4 is 12.6 Å². The molecular weight excluding hydrogens is 148 g/mol. The minimum Gasteiger partial charge on any atom is -0.347 e. The van der Waals surface area contributed by atoms with Crippen LogP contribution in [0.3, 0.4) is 0 Å². The van der Waals surface area contributed by atoms with Crippen LogP contribution in [0.5, 0.6) is 0 Å². The van der Waals surface area contributed by atoms with E-state index in [-0.39, 0.29) is 11.9 Å². The van der Waals surface area contributed by atoms with Crippen molar-refractivity contribution < 1.29 is 9.47 Å². The Hall–Kier alpha value is 0.270. The lowest BCUT2D eigenvalue weighted by molar-refractivity contribution is -0.152. The Labute approximate surface area is 67.3 Å². The van der Waals surface area contributed by atoms with Crippen LogP contribution in [-0.4, -0.2) is 24.3 Å². The highest BCUT2D eigenvalue weighted by Crippen LogP contribution is 2.26. The van der Waals surface area contributed by atoms with Crippen LogP contribution in [0.25, 0.3) is 0 Å². The van der Waals surface area contributed by atoms with E-state index in [1.54, 1.807) is 0 Å². The van der Waals surface area contributed by atoms with Gasteiger partial charge in [-0.3, -0.25) is 0 Å². The molecule has 2 unspecified atom stereocenters. The number of rotatable bonds is 2. The van der Waals surface area contributed by atoms with E-state index in [4.69, 9.17) is 9.47 Å². The van der Waals surface area contributed by atoms with Gasteiger partial charge in [-0.05, 0) is 13.3 Å². The lowest BCUT2D eigenvalue weighted by Gasteiger charge is -2.20. The highest BCUT2D eigenvalue weighted by molar-refractivity contribution is 7.80. The quantitative estimate of drug-likeness (QED) is 0.620. The molecule has 1 aliphatic rings. The van der Waals surface area contributed by atoms with Crippen molar-refractivity contribution in [1.29, 1.82) is 0 Å². The molecule has 0 saturated carbocycles. The summed E-state index contributed by atoms with van der Waals surface area (Å²) < 4.78 is 11.0. The standard InChI is InChI=1S/C7H14O2S/c1-3-7(2)8-4-6(5-10)9-7/h6,10H,3-5H2,1-2H3. The van der Waals surface area contributed by atoms with Gasteiger partial charge in [0.05, 0.1) is 12.7 Å². The van der Waals surface area contributed by atoms with Crippen molar-refractivity contribution in [2.75, 3.05) is 12.4 Å². The summed E-state index contributed by atoms with van der Waals surface area (Å²) in [5, 5.41) is 0. The molecule has 1 heterocycles. The third kappa shape index (κ3) is 1.65. The smallest absolute Gasteiger partial charge is 0.165 e. The minimum absolute atomic E-state index is 0.188. The highest BCUT2D eigenvalue weighted by atomic mass is 32.1. The van der Waals surface area contributed by atoms with Crippen molar-refractivity contribution in [3.05, 3.63) is 0 Å². The van der Waals surface area contributed by atoms with Crippen LogP contribution in [0.2, 0.25) is 0 Å². The van der Waals surface area contributed by atoms with Gasteiger partial charge in [0.25, 0.3) is 0 Å². The molecule has 0 aromatic rings. The Kier molecular flexibility index (Phi) is 2.61. The van der Waals surface area contributed by atoms with E-state index in [0.717, 1.165) is 12.2 Å². The van der Waals surface area contributed by atoms with Crippen LogP contribution in [0.15, 0.2) is 0 Å². The summed E-state index contributed by atoms with van der Waals surface area (Å²) in [6.07, 6.45) is 1.09. The molecule has 3 heteroatoms. The van der Waals surface area contributed by atoms with Crippen LogP contribution in [-0.2, 0) is 9.47 Å². The van der Waals surface area contributed by atoms with Gasteiger partial charge in [-0.1, -0.05) is 6.92 Å². The van der Waals surface area contributed by atoms with Gasteiger partial charge in [-0.15, -0.1) is 0 Å². The van der Waals surface area contributed by atoms with E-state index < -0.39 is 0 Å². The maximum atomic E-state index is 5.55. The Balaban J connectivity index is 2.41. The SMILES string of the molecule is CCC1(C)OCC(CS)O1. The second-order valence-electron chi connectivity index (χ2n) is 2.72. The molecule has 1 fully saturated rings. The fourth-order valence-electron chi connectivity index (χ4n) is 0.965. The predicted molar refractivity (Wildman–Crippen MR) is 43.4 cm³/mol. The number of ether oxygens (including phenoxy) is 2. The zero-order valence-electron chi connectivity index (χ0n) is 6.46. The Morgan fingerprint density at radius 1 is 1.70 bits per heavy atom. The summed E-state index contributed by atoms with van der Waals surface area (Å²) in [6.45, 7) is 4.71. The predicted octanol–water partition coefficient (Wildman–Crippen LogP) is 1.46. The number of hydrogen-bond donors (Lipinski definition) is 1. The summed E-state index contributed by atoms with van der Waals surface area (Å²) in [6, 6.07) is 0. The Morgan fingerprint density at radius 3 is 2.70 bits per heavy atom. The van der Waals surface area contributed by atoms with E-state index in [1.165, 1.54) is 0 Å². The van der Waals surface area contributed by atoms with Gasteiger partial charge >= 0.3 is 0 Å². The average Bonchev–Trinajstić information content (AvgIpc) is 2.33. The fourth-order valence-corrected chi connectivity index (χ4v) is 1.15. The topological polar surface area (TPSA) is 18.5 Å². The molecule has 60 valence electrons. The van der Waals surface area contributed by atoms with Crippen molar-refractivity contribution in [2.24, 2.45) is 0 Å². The van der Waals surface area contributed by atoms with Gasteiger partial charge in [0, 0.05) is 5.75 Å². The normalized spacial score (nSPS) is 40.5. The van der Waals surface area contributed by atoms with Crippen LogP contribution < -0.4 is 0 Å². The number of hydrogen-bond acceptors (Lipinski definition) is 3.